The highest BCUT2D eigenvalue weighted by Gasteiger charge is 2.11. The predicted molar refractivity (Wildman–Crippen MR) is 57.9 cm³/mol. The van der Waals surface area contributed by atoms with Crippen molar-refractivity contribution in [3.63, 3.8) is 0 Å². The first-order valence-electron chi connectivity index (χ1n) is 3.95. The number of likely N-dealkylation sites (N-methyl/N-ethyl adjacent to an activating group) is 2. The number of hydrogen-bond donors (Lipinski definition) is 0. The highest BCUT2D eigenvalue weighted by molar-refractivity contribution is 8.13. The fourth-order valence-corrected chi connectivity index (χ4v) is 1.25. The summed E-state index contributed by atoms with van der Waals surface area (Å²) in [5.74, 6) is -0.0211. The Morgan fingerprint density at radius 1 is 1.50 bits per heavy atom. The lowest BCUT2D eigenvalue weighted by Crippen LogP contribution is -2.36. The fourth-order valence-electron chi connectivity index (χ4n) is 0.742. The van der Waals surface area contributed by atoms with Crippen LogP contribution in [0.5, 0.6) is 0 Å². The lowest BCUT2D eigenvalue weighted by atomic mass is 10.5. The van der Waals surface area contributed by atoms with Crippen LogP contribution in [0.25, 0.3) is 0 Å². The summed E-state index contributed by atoms with van der Waals surface area (Å²) in [6.45, 7) is 0.231. The maximum absolute atomic E-state index is 11.3. The summed E-state index contributed by atoms with van der Waals surface area (Å²) in [4.78, 5) is 18.1. The molecule has 0 bridgehead atoms. The summed E-state index contributed by atoms with van der Waals surface area (Å²) in [6.07, 6.45) is 3.51. The van der Waals surface area contributed by atoms with Gasteiger partial charge in [-0.1, -0.05) is 11.8 Å². The van der Waals surface area contributed by atoms with Gasteiger partial charge in [0.1, 0.15) is 0 Å². The van der Waals surface area contributed by atoms with Gasteiger partial charge in [0.05, 0.1) is 6.54 Å². The maximum Gasteiger partial charge on any atom is 0.241 e. The van der Waals surface area contributed by atoms with Gasteiger partial charge in [0.2, 0.25) is 12.1 Å². The molecule has 0 saturated heterocycles. The number of amides is 1. The molecule has 6 heteroatoms. The van der Waals surface area contributed by atoms with Crippen LogP contribution in [0.4, 0.5) is 0 Å². The molecule has 0 aromatic rings. The van der Waals surface area contributed by atoms with Crippen LogP contribution in [0.1, 0.15) is 0 Å². The fraction of sp³-hybridized carbons (Fsp3) is 0.625. The number of aliphatic imine (C=N–C) groups is 1. The van der Waals surface area contributed by atoms with Crippen molar-refractivity contribution in [1.29, 1.82) is 5.26 Å². The minimum atomic E-state index is -0.0211. The molecule has 0 aliphatic heterocycles. The van der Waals surface area contributed by atoms with Crippen molar-refractivity contribution in [2.45, 2.75) is 0 Å². The number of thioether (sulfide) groups is 1. The van der Waals surface area contributed by atoms with Crippen LogP contribution in [-0.2, 0) is 4.79 Å². The minimum Gasteiger partial charge on any atom is -0.347 e. The van der Waals surface area contributed by atoms with Crippen LogP contribution in [0.3, 0.4) is 0 Å². The van der Waals surface area contributed by atoms with Crippen molar-refractivity contribution in [1.82, 2.24) is 9.80 Å². The molecule has 0 aliphatic carbocycles. The van der Waals surface area contributed by atoms with E-state index >= 15 is 0 Å². The number of carbonyl (C=O) groups excluding carboxylic acids is 1. The van der Waals surface area contributed by atoms with E-state index in [0.29, 0.717) is 5.17 Å². The number of carbonyl (C=O) groups is 1. The third-order valence-corrected chi connectivity index (χ3v) is 2.29. The predicted octanol–water partition coefficient (Wildman–Crippen LogP) is 0.206. The van der Waals surface area contributed by atoms with Crippen molar-refractivity contribution < 1.29 is 4.79 Å². The van der Waals surface area contributed by atoms with Gasteiger partial charge in [0.25, 0.3) is 0 Å². The maximum atomic E-state index is 11.3. The Morgan fingerprint density at radius 3 is 2.43 bits per heavy atom. The van der Waals surface area contributed by atoms with Gasteiger partial charge in [-0.15, -0.1) is 4.99 Å². The molecule has 0 radical (unpaired) electrons. The van der Waals surface area contributed by atoms with E-state index in [2.05, 4.69) is 4.99 Å². The normalized spacial score (nSPS) is 10.6. The highest BCUT2D eigenvalue weighted by atomic mass is 32.2. The number of amidine groups is 1. The minimum absolute atomic E-state index is 0.0211. The first-order chi connectivity index (χ1) is 6.52. The molecule has 0 saturated carbocycles. The summed E-state index contributed by atoms with van der Waals surface area (Å²) >= 11 is 1.34. The van der Waals surface area contributed by atoms with E-state index < -0.39 is 0 Å². The molecule has 0 atom stereocenters. The van der Waals surface area contributed by atoms with E-state index in [1.165, 1.54) is 16.7 Å². The molecule has 14 heavy (non-hydrogen) atoms. The second-order valence-electron chi connectivity index (χ2n) is 2.84. The number of hydrogen-bond acceptors (Lipinski definition) is 4. The summed E-state index contributed by atoms with van der Waals surface area (Å²) in [7, 11) is 5.11. The average Bonchev–Trinajstić information content (AvgIpc) is 2.13. The van der Waals surface area contributed by atoms with E-state index in [1.54, 1.807) is 32.2 Å². The highest BCUT2D eigenvalue weighted by Crippen LogP contribution is 2.02. The Balaban J connectivity index is 4.34. The zero-order valence-electron chi connectivity index (χ0n) is 8.81. The molecular weight excluding hydrogens is 200 g/mol. The average molecular weight is 214 g/mol. The molecule has 0 aromatic carbocycles. The van der Waals surface area contributed by atoms with E-state index in [4.69, 9.17) is 5.26 Å². The Morgan fingerprint density at radius 2 is 2.07 bits per heavy atom. The van der Waals surface area contributed by atoms with Gasteiger partial charge in [0.15, 0.2) is 5.17 Å². The largest absolute Gasteiger partial charge is 0.347 e. The lowest BCUT2D eigenvalue weighted by molar-refractivity contribution is -0.128. The van der Waals surface area contributed by atoms with E-state index in [-0.39, 0.29) is 12.5 Å². The summed E-state index contributed by atoms with van der Waals surface area (Å²) in [5, 5.41) is 8.93. The Kier molecular flexibility index (Phi) is 5.72. The molecular formula is C8H14N4OS. The van der Waals surface area contributed by atoms with Crippen molar-refractivity contribution in [3.05, 3.63) is 0 Å². The second-order valence-corrected chi connectivity index (χ2v) is 3.62. The van der Waals surface area contributed by atoms with Crippen molar-refractivity contribution in [3.8, 4) is 6.19 Å². The molecule has 0 heterocycles. The zero-order valence-corrected chi connectivity index (χ0v) is 9.63. The quantitative estimate of drug-likeness (QED) is 0.374. The number of rotatable bonds is 2. The van der Waals surface area contributed by atoms with Gasteiger partial charge in [-0.25, -0.2) is 0 Å². The lowest BCUT2D eigenvalue weighted by Gasteiger charge is -2.20. The molecule has 1 amide bonds. The molecule has 0 fully saturated rings. The van der Waals surface area contributed by atoms with Gasteiger partial charge >= 0.3 is 0 Å². The Hall–Kier alpha value is -1.22. The van der Waals surface area contributed by atoms with Crippen LogP contribution >= 0.6 is 11.8 Å². The molecule has 5 nitrogen and oxygen atoms in total. The van der Waals surface area contributed by atoms with Gasteiger partial charge < -0.3 is 9.80 Å². The number of nitriles is 1. The van der Waals surface area contributed by atoms with Crippen LogP contribution in [0.15, 0.2) is 4.99 Å². The Bertz CT molecular complexity index is 269. The Labute approximate surface area is 88.4 Å². The molecule has 0 N–H and O–H groups in total. The van der Waals surface area contributed by atoms with E-state index in [1.807, 2.05) is 6.26 Å². The van der Waals surface area contributed by atoms with Crippen LogP contribution in [0.2, 0.25) is 0 Å². The van der Waals surface area contributed by atoms with Crippen molar-refractivity contribution >= 4 is 22.8 Å². The van der Waals surface area contributed by atoms with Crippen LogP contribution < -0.4 is 0 Å². The van der Waals surface area contributed by atoms with Gasteiger partial charge in [0, 0.05) is 21.1 Å². The smallest absolute Gasteiger partial charge is 0.241 e. The molecule has 0 rings (SSSR count). The van der Waals surface area contributed by atoms with Gasteiger partial charge in [-0.05, 0) is 6.26 Å². The first kappa shape index (κ1) is 12.8. The molecule has 0 aliphatic rings. The molecule has 0 aromatic heterocycles. The second kappa shape index (κ2) is 6.27. The van der Waals surface area contributed by atoms with Crippen molar-refractivity contribution in [2.75, 3.05) is 33.9 Å². The first-order valence-corrected chi connectivity index (χ1v) is 5.17. The third-order valence-electron chi connectivity index (χ3n) is 1.53. The van der Waals surface area contributed by atoms with Crippen molar-refractivity contribution in [2.24, 2.45) is 4.99 Å². The van der Waals surface area contributed by atoms with Crippen LogP contribution in [-0.4, -0.2) is 54.8 Å². The van der Waals surface area contributed by atoms with Gasteiger partial charge in [-0.2, -0.15) is 5.26 Å². The third kappa shape index (κ3) is 4.14. The number of nitrogens with zero attached hydrogens (tertiary/aromatic N) is 4. The summed E-state index contributed by atoms with van der Waals surface area (Å²) in [5.41, 5.74) is 0. The monoisotopic (exact) mass is 214 g/mol. The molecule has 78 valence electrons. The summed E-state index contributed by atoms with van der Waals surface area (Å²) < 4.78 is 0. The SMILES string of the molecule is CSC(=NC#N)N(C)CC(=O)N(C)C. The van der Waals surface area contributed by atoms with Crippen LogP contribution in [0, 0.1) is 11.5 Å². The molecule has 0 unspecified atom stereocenters. The van der Waals surface area contributed by atoms with E-state index in [9.17, 15) is 4.79 Å². The van der Waals surface area contributed by atoms with E-state index in [0.717, 1.165) is 0 Å². The standard InChI is InChI=1S/C8H14N4OS/c1-11(2)7(13)5-12(3)8(14-4)10-6-9/h5H2,1-4H3. The molecule has 0 spiro atoms. The zero-order chi connectivity index (χ0) is 11.1. The van der Waals surface area contributed by atoms with Gasteiger partial charge in [-0.3, -0.25) is 4.79 Å². The summed E-state index contributed by atoms with van der Waals surface area (Å²) in [6, 6.07) is 0. The topological polar surface area (TPSA) is 59.7 Å².